The van der Waals surface area contributed by atoms with E-state index in [1.165, 1.54) is 0 Å². The fourth-order valence-electron chi connectivity index (χ4n) is 1.81. The summed E-state index contributed by atoms with van der Waals surface area (Å²) in [6.45, 7) is 1.82. The highest BCUT2D eigenvalue weighted by molar-refractivity contribution is 6.02. The number of rotatable bonds is 1. The van der Waals surface area contributed by atoms with Crippen LogP contribution in [0.3, 0.4) is 0 Å². The smallest absolute Gasteiger partial charge is 0.128 e. The fraction of sp³-hybridized carbons (Fsp3) is 0.167. The number of amidine groups is 1. The average molecular weight is 197 g/mol. The molecule has 0 unspecified atom stereocenters. The summed E-state index contributed by atoms with van der Waals surface area (Å²) in [4.78, 5) is 8.69. The molecule has 15 heavy (non-hydrogen) atoms. The van der Waals surface area contributed by atoms with Crippen molar-refractivity contribution in [2.75, 3.05) is 13.1 Å². The van der Waals surface area contributed by atoms with Gasteiger partial charge in [0.1, 0.15) is 5.84 Å². The lowest BCUT2D eigenvalue weighted by molar-refractivity contribution is 0.960. The third kappa shape index (κ3) is 1.46. The largest absolute Gasteiger partial charge is 0.368 e. The van der Waals surface area contributed by atoms with Gasteiger partial charge in [-0.05, 0) is 24.3 Å². The highest BCUT2D eigenvalue weighted by Crippen LogP contribution is 2.14. The monoisotopic (exact) mass is 197 g/mol. The van der Waals surface area contributed by atoms with E-state index in [0.29, 0.717) is 0 Å². The minimum atomic E-state index is 0.875. The molecule has 0 spiro atoms. The molecule has 1 aliphatic rings. The molecule has 0 saturated carbocycles. The summed E-state index contributed by atoms with van der Waals surface area (Å²) in [7, 11) is 0. The van der Waals surface area contributed by atoms with E-state index in [9.17, 15) is 0 Å². The van der Waals surface area contributed by atoms with Crippen molar-refractivity contribution in [3.63, 3.8) is 0 Å². The summed E-state index contributed by atoms with van der Waals surface area (Å²) >= 11 is 0. The van der Waals surface area contributed by atoms with Gasteiger partial charge < -0.3 is 5.32 Å². The van der Waals surface area contributed by atoms with Gasteiger partial charge in [-0.25, -0.2) is 0 Å². The zero-order valence-corrected chi connectivity index (χ0v) is 8.27. The van der Waals surface area contributed by atoms with Crippen molar-refractivity contribution in [2.45, 2.75) is 0 Å². The van der Waals surface area contributed by atoms with Crippen LogP contribution in [0.25, 0.3) is 10.9 Å². The highest BCUT2D eigenvalue weighted by atomic mass is 15.1. The van der Waals surface area contributed by atoms with Crippen LogP contribution < -0.4 is 5.32 Å². The lowest BCUT2D eigenvalue weighted by atomic mass is 10.1. The van der Waals surface area contributed by atoms with Gasteiger partial charge in [0, 0.05) is 23.7 Å². The second-order valence-electron chi connectivity index (χ2n) is 3.57. The topological polar surface area (TPSA) is 37.3 Å². The van der Waals surface area contributed by atoms with E-state index in [4.69, 9.17) is 0 Å². The number of nitrogens with zero attached hydrogens (tertiary/aromatic N) is 2. The van der Waals surface area contributed by atoms with Gasteiger partial charge in [0.2, 0.25) is 0 Å². The van der Waals surface area contributed by atoms with Crippen LogP contribution in [0.5, 0.6) is 0 Å². The predicted molar refractivity (Wildman–Crippen MR) is 61.1 cm³/mol. The summed E-state index contributed by atoms with van der Waals surface area (Å²) in [5, 5.41) is 4.43. The average Bonchev–Trinajstić information content (AvgIpc) is 2.82. The van der Waals surface area contributed by atoms with E-state index >= 15 is 0 Å². The van der Waals surface area contributed by atoms with Crippen LogP contribution in [0.15, 0.2) is 41.5 Å². The first kappa shape index (κ1) is 8.41. The van der Waals surface area contributed by atoms with Crippen molar-refractivity contribution in [3.05, 3.63) is 42.1 Å². The summed E-state index contributed by atoms with van der Waals surface area (Å²) in [6, 6.07) is 10.2. The molecule has 0 radical (unpaired) electrons. The number of nitrogens with one attached hydrogen (secondary N) is 1. The molecule has 3 rings (SSSR count). The normalized spacial score (nSPS) is 15.1. The Morgan fingerprint density at radius 2 is 2.20 bits per heavy atom. The second-order valence-corrected chi connectivity index (χ2v) is 3.57. The van der Waals surface area contributed by atoms with E-state index in [1.54, 1.807) is 0 Å². The first-order chi connectivity index (χ1) is 7.43. The quantitative estimate of drug-likeness (QED) is 0.753. The molecule has 1 aliphatic heterocycles. The molecule has 0 fully saturated rings. The zero-order chi connectivity index (χ0) is 10.1. The second kappa shape index (κ2) is 3.35. The van der Waals surface area contributed by atoms with Crippen LogP contribution in [0.2, 0.25) is 0 Å². The molecule has 0 atom stereocenters. The zero-order valence-electron chi connectivity index (χ0n) is 8.27. The van der Waals surface area contributed by atoms with Gasteiger partial charge in [-0.1, -0.05) is 6.07 Å². The number of aliphatic imine (C=N–C) groups is 1. The van der Waals surface area contributed by atoms with Gasteiger partial charge in [0.05, 0.1) is 12.1 Å². The third-order valence-corrected chi connectivity index (χ3v) is 2.55. The molecule has 0 saturated heterocycles. The SMILES string of the molecule is c1cnc2ccc(C3=NCCN3)cc2c1. The van der Waals surface area contributed by atoms with Gasteiger partial charge in [0.25, 0.3) is 0 Å². The van der Waals surface area contributed by atoms with Crippen molar-refractivity contribution in [3.8, 4) is 0 Å². The van der Waals surface area contributed by atoms with Crippen molar-refractivity contribution in [1.29, 1.82) is 0 Å². The molecular weight excluding hydrogens is 186 g/mol. The van der Waals surface area contributed by atoms with Crippen molar-refractivity contribution < 1.29 is 0 Å². The fourth-order valence-corrected chi connectivity index (χ4v) is 1.81. The van der Waals surface area contributed by atoms with E-state index in [-0.39, 0.29) is 0 Å². The first-order valence-corrected chi connectivity index (χ1v) is 5.07. The Balaban J connectivity index is 2.13. The molecule has 0 bridgehead atoms. The number of fused-ring (bicyclic) bond motifs is 1. The van der Waals surface area contributed by atoms with Crippen molar-refractivity contribution in [2.24, 2.45) is 4.99 Å². The van der Waals surface area contributed by atoms with Gasteiger partial charge in [-0.3, -0.25) is 9.98 Å². The maximum atomic E-state index is 4.40. The molecule has 2 heterocycles. The summed E-state index contributed by atoms with van der Waals surface area (Å²) in [6.07, 6.45) is 1.81. The molecule has 2 aromatic rings. The molecule has 0 aliphatic carbocycles. The van der Waals surface area contributed by atoms with Crippen LogP contribution in [-0.2, 0) is 0 Å². The Kier molecular flexibility index (Phi) is 1.88. The van der Waals surface area contributed by atoms with Gasteiger partial charge in [-0.2, -0.15) is 0 Å². The maximum Gasteiger partial charge on any atom is 0.128 e. The Morgan fingerprint density at radius 3 is 3.07 bits per heavy atom. The summed E-state index contributed by atoms with van der Waals surface area (Å²) < 4.78 is 0. The molecule has 0 amide bonds. The minimum absolute atomic E-state index is 0.875. The van der Waals surface area contributed by atoms with Gasteiger partial charge >= 0.3 is 0 Å². The van der Waals surface area contributed by atoms with Gasteiger partial charge in [0.15, 0.2) is 0 Å². The number of benzene rings is 1. The highest BCUT2D eigenvalue weighted by Gasteiger charge is 2.07. The molecular formula is C12H11N3. The Hall–Kier alpha value is -1.90. The first-order valence-electron chi connectivity index (χ1n) is 5.07. The number of hydrogen-bond acceptors (Lipinski definition) is 3. The Morgan fingerprint density at radius 1 is 1.20 bits per heavy atom. The summed E-state index contributed by atoms with van der Waals surface area (Å²) in [5.74, 6) is 1.00. The predicted octanol–water partition coefficient (Wildman–Crippen LogP) is 1.58. The Bertz CT molecular complexity index is 531. The van der Waals surface area contributed by atoms with Crippen LogP contribution in [0.1, 0.15) is 5.56 Å². The van der Waals surface area contributed by atoms with E-state index < -0.39 is 0 Å². The van der Waals surface area contributed by atoms with Crippen LogP contribution in [0.4, 0.5) is 0 Å². The molecule has 1 aromatic carbocycles. The van der Waals surface area contributed by atoms with Crippen molar-refractivity contribution >= 4 is 16.7 Å². The minimum Gasteiger partial charge on any atom is -0.368 e. The lowest BCUT2D eigenvalue weighted by Gasteiger charge is -2.03. The van der Waals surface area contributed by atoms with Gasteiger partial charge in [-0.15, -0.1) is 0 Å². The van der Waals surface area contributed by atoms with Crippen LogP contribution >= 0.6 is 0 Å². The van der Waals surface area contributed by atoms with E-state index in [0.717, 1.165) is 35.4 Å². The number of hydrogen-bond donors (Lipinski definition) is 1. The molecule has 3 heteroatoms. The van der Waals surface area contributed by atoms with E-state index in [2.05, 4.69) is 33.5 Å². The molecule has 74 valence electrons. The Labute approximate surface area is 87.9 Å². The molecule has 1 N–H and O–H groups in total. The third-order valence-electron chi connectivity index (χ3n) is 2.55. The van der Waals surface area contributed by atoms with Crippen LogP contribution in [0, 0.1) is 0 Å². The van der Waals surface area contributed by atoms with Crippen LogP contribution in [-0.4, -0.2) is 23.9 Å². The number of aromatic nitrogens is 1. The molecule has 3 nitrogen and oxygen atoms in total. The number of pyridine rings is 1. The lowest BCUT2D eigenvalue weighted by Crippen LogP contribution is -2.19. The maximum absolute atomic E-state index is 4.40. The standard InChI is InChI=1S/C12H11N3/c1-2-9-8-10(12-14-6-7-15-12)3-4-11(9)13-5-1/h1-5,8H,6-7H2,(H,14,15). The van der Waals surface area contributed by atoms with Crippen molar-refractivity contribution in [1.82, 2.24) is 10.3 Å². The summed E-state index contributed by atoms with van der Waals surface area (Å²) in [5.41, 5.74) is 2.17. The van der Waals surface area contributed by atoms with E-state index in [1.807, 2.05) is 18.3 Å². The molecule has 1 aromatic heterocycles.